The van der Waals surface area contributed by atoms with Gasteiger partial charge in [0, 0.05) is 5.02 Å². The van der Waals surface area contributed by atoms with Gasteiger partial charge < -0.3 is 10.1 Å². The van der Waals surface area contributed by atoms with Gasteiger partial charge in [0.1, 0.15) is 0 Å². The van der Waals surface area contributed by atoms with E-state index in [4.69, 9.17) is 16.3 Å². The number of rotatable bonds is 7. The number of halogens is 1. The molecule has 0 amide bonds. The Bertz CT molecular complexity index is 366. The fourth-order valence-electron chi connectivity index (χ4n) is 1.81. The van der Waals surface area contributed by atoms with Crippen LogP contribution >= 0.6 is 11.6 Å². The maximum absolute atomic E-state index is 6.39. The Morgan fingerprint density at radius 3 is 2.67 bits per heavy atom. The molecule has 0 bridgehead atoms. The Labute approximate surface area is 116 Å². The highest BCUT2D eigenvalue weighted by Gasteiger charge is 2.15. The molecule has 0 aliphatic carbocycles. The van der Waals surface area contributed by atoms with E-state index in [2.05, 4.69) is 32.2 Å². The van der Waals surface area contributed by atoms with E-state index in [0.29, 0.717) is 6.61 Å². The Morgan fingerprint density at radius 2 is 2.06 bits per heavy atom. The summed E-state index contributed by atoms with van der Waals surface area (Å²) in [5.74, 6) is 0. The first-order chi connectivity index (χ1) is 8.56. The van der Waals surface area contributed by atoms with Crippen molar-refractivity contribution in [1.29, 1.82) is 0 Å². The highest BCUT2D eigenvalue weighted by atomic mass is 35.5. The zero-order chi connectivity index (χ0) is 13.5. The fourth-order valence-corrected chi connectivity index (χ4v) is 2.06. The summed E-state index contributed by atoms with van der Waals surface area (Å²) < 4.78 is 5.73. The van der Waals surface area contributed by atoms with E-state index in [0.717, 1.165) is 29.1 Å². The molecule has 18 heavy (non-hydrogen) atoms. The lowest BCUT2D eigenvalue weighted by Crippen LogP contribution is -2.27. The molecule has 0 saturated carbocycles. The third-order valence-electron chi connectivity index (χ3n) is 2.83. The molecule has 1 aromatic carbocycles. The van der Waals surface area contributed by atoms with Crippen LogP contribution in [-0.2, 0) is 4.74 Å². The van der Waals surface area contributed by atoms with Gasteiger partial charge in [0.15, 0.2) is 0 Å². The van der Waals surface area contributed by atoms with Crippen LogP contribution in [0.5, 0.6) is 0 Å². The highest BCUT2D eigenvalue weighted by molar-refractivity contribution is 6.32. The summed E-state index contributed by atoms with van der Waals surface area (Å²) >= 11 is 6.39. The van der Waals surface area contributed by atoms with Crippen LogP contribution in [0.4, 0.5) is 0 Å². The fraction of sp³-hybridized carbons (Fsp3) is 0.600. The van der Waals surface area contributed by atoms with Gasteiger partial charge in [0.05, 0.1) is 18.8 Å². The van der Waals surface area contributed by atoms with E-state index in [9.17, 15) is 0 Å². The summed E-state index contributed by atoms with van der Waals surface area (Å²) in [5, 5.41) is 4.35. The van der Waals surface area contributed by atoms with Gasteiger partial charge in [0.2, 0.25) is 0 Å². The van der Waals surface area contributed by atoms with Gasteiger partial charge in [-0.2, -0.15) is 0 Å². The molecule has 102 valence electrons. The number of nitrogens with one attached hydrogen (secondary N) is 1. The van der Waals surface area contributed by atoms with Gasteiger partial charge in [0.25, 0.3) is 0 Å². The zero-order valence-electron chi connectivity index (χ0n) is 11.8. The topological polar surface area (TPSA) is 21.3 Å². The molecule has 1 rings (SSSR count). The first-order valence-electron chi connectivity index (χ1n) is 6.66. The molecule has 0 aliphatic rings. The second-order valence-electron chi connectivity index (χ2n) is 4.87. The number of aryl methyl sites for hydroxylation is 1. The van der Waals surface area contributed by atoms with Crippen molar-refractivity contribution in [1.82, 2.24) is 5.32 Å². The van der Waals surface area contributed by atoms with Gasteiger partial charge in [-0.15, -0.1) is 0 Å². The van der Waals surface area contributed by atoms with Crippen molar-refractivity contribution in [3.05, 3.63) is 34.3 Å². The van der Waals surface area contributed by atoms with Crippen LogP contribution in [-0.4, -0.2) is 19.3 Å². The van der Waals surface area contributed by atoms with Crippen LogP contribution in [0.2, 0.25) is 5.02 Å². The van der Waals surface area contributed by atoms with Crippen molar-refractivity contribution in [3.63, 3.8) is 0 Å². The third kappa shape index (κ3) is 4.60. The quantitative estimate of drug-likeness (QED) is 0.804. The molecule has 1 aromatic rings. The molecule has 0 fully saturated rings. The van der Waals surface area contributed by atoms with E-state index >= 15 is 0 Å². The average molecular weight is 270 g/mol. The van der Waals surface area contributed by atoms with E-state index in [1.54, 1.807) is 0 Å². The van der Waals surface area contributed by atoms with Crippen LogP contribution in [0.15, 0.2) is 18.2 Å². The molecule has 0 saturated heterocycles. The largest absolute Gasteiger partial charge is 0.377 e. The standard InChI is InChI=1S/C15H24ClNO/c1-5-9-17-14(10-18-11(2)3)13-8-6-7-12(4)15(13)16/h6-8,11,14,17H,5,9-10H2,1-4H3. The molecule has 0 heterocycles. The van der Waals surface area contributed by atoms with Crippen molar-refractivity contribution in [2.24, 2.45) is 0 Å². The van der Waals surface area contributed by atoms with Crippen LogP contribution in [0.1, 0.15) is 44.4 Å². The minimum absolute atomic E-state index is 0.166. The summed E-state index contributed by atoms with van der Waals surface area (Å²) in [4.78, 5) is 0. The molecule has 0 aromatic heterocycles. The van der Waals surface area contributed by atoms with Gasteiger partial charge in [-0.1, -0.05) is 36.7 Å². The van der Waals surface area contributed by atoms with Gasteiger partial charge >= 0.3 is 0 Å². The Morgan fingerprint density at radius 1 is 1.33 bits per heavy atom. The lowest BCUT2D eigenvalue weighted by atomic mass is 10.0. The van der Waals surface area contributed by atoms with Crippen molar-refractivity contribution < 1.29 is 4.74 Å². The molecule has 3 heteroatoms. The normalized spacial score (nSPS) is 13.0. The molecule has 1 atom stereocenters. The second kappa shape index (κ2) is 7.78. The monoisotopic (exact) mass is 269 g/mol. The molecule has 0 radical (unpaired) electrons. The molecule has 0 aliphatic heterocycles. The zero-order valence-corrected chi connectivity index (χ0v) is 12.6. The van der Waals surface area contributed by atoms with E-state index in [1.807, 2.05) is 19.1 Å². The van der Waals surface area contributed by atoms with Crippen molar-refractivity contribution in [3.8, 4) is 0 Å². The smallest absolute Gasteiger partial charge is 0.0665 e. The van der Waals surface area contributed by atoms with Gasteiger partial charge in [-0.05, 0) is 44.9 Å². The summed E-state index contributed by atoms with van der Waals surface area (Å²) in [7, 11) is 0. The second-order valence-corrected chi connectivity index (χ2v) is 5.24. The molecular formula is C15H24ClNO. The van der Waals surface area contributed by atoms with Crippen molar-refractivity contribution >= 4 is 11.6 Å². The molecule has 1 unspecified atom stereocenters. The number of ether oxygens (including phenoxy) is 1. The molecule has 2 nitrogen and oxygen atoms in total. The lowest BCUT2D eigenvalue weighted by Gasteiger charge is -2.22. The number of hydrogen-bond acceptors (Lipinski definition) is 2. The summed E-state index contributed by atoms with van der Waals surface area (Å²) in [5.41, 5.74) is 2.24. The van der Waals surface area contributed by atoms with E-state index < -0.39 is 0 Å². The Hall–Kier alpha value is -0.570. The van der Waals surface area contributed by atoms with Crippen molar-refractivity contribution in [2.45, 2.75) is 46.3 Å². The maximum atomic E-state index is 6.39. The first kappa shape index (κ1) is 15.5. The molecule has 1 N–H and O–H groups in total. The minimum Gasteiger partial charge on any atom is -0.377 e. The number of hydrogen-bond donors (Lipinski definition) is 1. The Kier molecular flexibility index (Phi) is 6.69. The van der Waals surface area contributed by atoms with E-state index in [-0.39, 0.29) is 12.1 Å². The van der Waals surface area contributed by atoms with Gasteiger partial charge in [-0.3, -0.25) is 0 Å². The Balaban J connectivity index is 2.83. The summed E-state index contributed by atoms with van der Waals surface area (Å²) in [6.07, 6.45) is 1.33. The average Bonchev–Trinajstić information content (AvgIpc) is 2.33. The van der Waals surface area contributed by atoms with Crippen molar-refractivity contribution in [2.75, 3.05) is 13.2 Å². The van der Waals surface area contributed by atoms with Crippen LogP contribution in [0, 0.1) is 6.92 Å². The summed E-state index contributed by atoms with van der Waals surface area (Å²) in [6, 6.07) is 6.32. The molecule has 0 spiro atoms. The number of benzene rings is 1. The summed E-state index contributed by atoms with van der Waals surface area (Å²) in [6.45, 7) is 9.91. The SMILES string of the molecule is CCCNC(COC(C)C)c1cccc(C)c1Cl. The third-order valence-corrected chi connectivity index (χ3v) is 3.35. The van der Waals surface area contributed by atoms with Crippen LogP contribution in [0.25, 0.3) is 0 Å². The predicted molar refractivity (Wildman–Crippen MR) is 78.3 cm³/mol. The van der Waals surface area contributed by atoms with Crippen LogP contribution < -0.4 is 5.32 Å². The first-order valence-corrected chi connectivity index (χ1v) is 7.04. The predicted octanol–water partition coefficient (Wildman–Crippen LogP) is 4.11. The van der Waals surface area contributed by atoms with E-state index in [1.165, 1.54) is 0 Å². The lowest BCUT2D eigenvalue weighted by molar-refractivity contribution is 0.0611. The molecular weight excluding hydrogens is 246 g/mol. The minimum atomic E-state index is 0.166. The van der Waals surface area contributed by atoms with Gasteiger partial charge in [-0.25, -0.2) is 0 Å². The van der Waals surface area contributed by atoms with Crippen LogP contribution in [0.3, 0.4) is 0 Å². The highest BCUT2D eigenvalue weighted by Crippen LogP contribution is 2.26. The maximum Gasteiger partial charge on any atom is 0.0665 e.